The van der Waals surface area contributed by atoms with Gasteiger partial charge >= 0.3 is 0 Å². The van der Waals surface area contributed by atoms with Gasteiger partial charge in [-0.05, 0) is 58.5 Å². The number of rotatable bonds is 8. The molecule has 128 valence electrons. The molecule has 0 aliphatic heterocycles. The number of hydrogen-bond acceptors (Lipinski definition) is 2. The topological polar surface area (TPSA) is 39.7 Å². The first-order valence-corrected chi connectivity index (χ1v) is 8.49. The van der Waals surface area contributed by atoms with E-state index in [1.165, 1.54) is 0 Å². The highest BCUT2D eigenvalue weighted by molar-refractivity contribution is 5.79. The molecular weight excluding hydrogens is 291 g/mol. The molecule has 1 aliphatic carbocycles. The summed E-state index contributed by atoms with van der Waals surface area (Å²) in [5.41, 5.74) is 0.712. The minimum Gasteiger partial charge on any atom is -0.357 e. The molecule has 0 unspecified atom stereocenters. The van der Waals surface area contributed by atoms with E-state index in [9.17, 15) is 4.39 Å². The average Bonchev–Trinajstić information content (AvgIpc) is 3.30. The minimum atomic E-state index is -0.107. The first kappa shape index (κ1) is 17.7. The molecular formula is C18H29FN4. The van der Waals surface area contributed by atoms with Crippen molar-refractivity contribution in [2.24, 2.45) is 4.99 Å². The zero-order valence-corrected chi connectivity index (χ0v) is 14.5. The van der Waals surface area contributed by atoms with Gasteiger partial charge in [0, 0.05) is 18.5 Å². The zero-order valence-electron chi connectivity index (χ0n) is 14.5. The lowest BCUT2D eigenvalue weighted by Crippen LogP contribution is -2.39. The SMILES string of the molecule is CCNC(=NCC1(c2ccccc2F)CC1)NCCCN(C)C. The summed E-state index contributed by atoms with van der Waals surface area (Å²) in [6.45, 7) is 5.45. The Kier molecular flexibility index (Phi) is 6.39. The van der Waals surface area contributed by atoms with E-state index in [2.05, 4.69) is 36.6 Å². The molecule has 0 radical (unpaired) electrons. The van der Waals surface area contributed by atoms with E-state index in [1.807, 2.05) is 12.1 Å². The molecule has 0 atom stereocenters. The molecule has 2 N–H and O–H groups in total. The van der Waals surface area contributed by atoms with Crippen molar-refractivity contribution in [1.82, 2.24) is 15.5 Å². The van der Waals surface area contributed by atoms with Crippen LogP contribution in [0.2, 0.25) is 0 Å². The van der Waals surface area contributed by atoms with E-state index in [0.29, 0.717) is 6.54 Å². The Morgan fingerprint density at radius 3 is 2.61 bits per heavy atom. The Bertz CT molecular complexity index is 524. The molecule has 0 heterocycles. The van der Waals surface area contributed by atoms with Crippen molar-refractivity contribution in [2.45, 2.75) is 31.6 Å². The quantitative estimate of drug-likeness (QED) is 0.439. The normalized spacial score (nSPS) is 16.5. The number of aliphatic imine (C=N–C) groups is 1. The zero-order chi connectivity index (χ0) is 16.7. The van der Waals surface area contributed by atoms with Crippen LogP contribution in [0.25, 0.3) is 0 Å². The van der Waals surface area contributed by atoms with Crippen LogP contribution >= 0.6 is 0 Å². The fraction of sp³-hybridized carbons (Fsp3) is 0.611. The van der Waals surface area contributed by atoms with Crippen LogP contribution in [0, 0.1) is 5.82 Å². The summed E-state index contributed by atoms with van der Waals surface area (Å²) in [5.74, 6) is 0.720. The fourth-order valence-corrected chi connectivity index (χ4v) is 2.73. The molecule has 0 bridgehead atoms. The van der Waals surface area contributed by atoms with Gasteiger partial charge in [-0.3, -0.25) is 4.99 Å². The second-order valence-electron chi connectivity index (χ2n) is 6.54. The maximum Gasteiger partial charge on any atom is 0.191 e. The van der Waals surface area contributed by atoms with E-state index in [1.54, 1.807) is 12.1 Å². The summed E-state index contributed by atoms with van der Waals surface area (Å²) < 4.78 is 14.0. The van der Waals surface area contributed by atoms with Gasteiger partial charge in [-0.25, -0.2) is 4.39 Å². The van der Waals surface area contributed by atoms with Gasteiger partial charge in [0.2, 0.25) is 0 Å². The van der Waals surface area contributed by atoms with Gasteiger partial charge in [0.25, 0.3) is 0 Å². The predicted octanol–water partition coefficient (Wildman–Crippen LogP) is 2.36. The Hall–Kier alpha value is -1.62. The van der Waals surface area contributed by atoms with E-state index in [0.717, 1.165) is 50.4 Å². The molecule has 4 nitrogen and oxygen atoms in total. The van der Waals surface area contributed by atoms with E-state index >= 15 is 0 Å². The molecule has 0 amide bonds. The lowest BCUT2D eigenvalue weighted by Gasteiger charge is -2.17. The van der Waals surface area contributed by atoms with Gasteiger partial charge in [0.1, 0.15) is 5.82 Å². The number of halogens is 1. The molecule has 2 rings (SSSR count). The summed E-state index contributed by atoms with van der Waals surface area (Å²) in [5, 5.41) is 6.63. The molecule has 1 saturated carbocycles. The maximum atomic E-state index is 14.0. The third-order valence-corrected chi connectivity index (χ3v) is 4.26. The second-order valence-corrected chi connectivity index (χ2v) is 6.54. The van der Waals surface area contributed by atoms with E-state index in [-0.39, 0.29) is 11.2 Å². The van der Waals surface area contributed by atoms with Crippen LogP contribution in [-0.2, 0) is 5.41 Å². The number of benzene rings is 1. The summed E-state index contributed by atoms with van der Waals surface area (Å²) in [4.78, 5) is 6.87. The van der Waals surface area contributed by atoms with Crippen LogP contribution in [0.5, 0.6) is 0 Å². The number of nitrogens with zero attached hydrogens (tertiary/aromatic N) is 2. The predicted molar refractivity (Wildman–Crippen MR) is 94.5 cm³/mol. The lowest BCUT2D eigenvalue weighted by atomic mass is 9.95. The van der Waals surface area contributed by atoms with Crippen LogP contribution < -0.4 is 10.6 Å². The highest BCUT2D eigenvalue weighted by Crippen LogP contribution is 2.49. The smallest absolute Gasteiger partial charge is 0.191 e. The molecule has 1 fully saturated rings. The standard InChI is InChI=1S/C18H29FN4/c1-4-20-17(21-12-7-13-23(2)3)22-14-18(10-11-18)15-8-5-6-9-16(15)19/h5-6,8-9H,4,7,10-14H2,1-3H3,(H2,20,21,22). The number of hydrogen-bond donors (Lipinski definition) is 2. The summed E-state index contributed by atoms with van der Waals surface area (Å²) in [6.07, 6.45) is 3.09. The van der Waals surface area contributed by atoms with Crippen molar-refractivity contribution in [3.63, 3.8) is 0 Å². The summed E-state index contributed by atoms with van der Waals surface area (Å²) in [6, 6.07) is 7.10. The third-order valence-electron chi connectivity index (χ3n) is 4.26. The van der Waals surface area contributed by atoms with Gasteiger partial charge < -0.3 is 15.5 Å². The largest absolute Gasteiger partial charge is 0.357 e. The van der Waals surface area contributed by atoms with E-state index in [4.69, 9.17) is 4.99 Å². The van der Waals surface area contributed by atoms with Gasteiger partial charge in [-0.1, -0.05) is 18.2 Å². The van der Waals surface area contributed by atoms with Crippen molar-refractivity contribution in [1.29, 1.82) is 0 Å². The van der Waals surface area contributed by atoms with Crippen molar-refractivity contribution >= 4 is 5.96 Å². The van der Waals surface area contributed by atoms with Crippen molar-refractivity contribution in [2.75, 3.05) is 40.3 Å². The van der Waals surface area contributed by atoms with Crippen LogP contribution in [0.4, 0.5) is 4.39 Å². The molecule has 0 saturated heterocycles. The maximum absolute atomic E-state index is 14.0. The number of guanidine groups is 1. The second kappa shape index (κ2) is 8.29. The Balaban J connectivity index is 1.93. The van der Waals surface area contributed by atoms with Crippen LogP contribution in [0.1, 0.15) is 31.7 Å². The fourth-order valence-electron chi connectivity index (χ4n) is 2.73. The summed E-state index contributed by atoms with van der Waals surface area (Å²) in [7, 11) is 4.15. The van der Waals surface area contributed by atoms with Crippen LogP contribution in [-0.4, -0.2) is 51.1 Å². The van der Waals surface area contributed by atoms with Gasteiger partial charge in [-0.2, -0.15) is 0 Å². The third kappa shape index (κ3) is 5.20. The van der Waals surface area contributed by atoms with Gasteiger partial charge in [-0.15, -0.1) is 0 Å². The molecule has 5 heteroatoms. The minimum absolute atomic E-state index is 0.0999. The molecule has 1 aromatic carbocycles. The highest BCUT2D eigenvalue weighted by atomic mass is 19.1. The monoisotopic (exact) mass is 320 g/mol. The van der Waals surface area contributed by atoms with Crippen molar-refractivity contribution in [3.8, 4) is 0 Å². The first-order valence-electron chi connectivity index (χ1n) is 8.49. The lowest BCUT2D eigenvalue weighted by molar-refractivity contribution is 0.399. The molecule has 1 aliphatic rings. The Morgan fingerprint density at radius 2 is 2.00 bits per heavy atom. The Morgan fingerprint density at radius 1 is 1.26 bits per heavy atom. The molecule has 0 spiro atoms. The van der Waals surface area contributed by atoms with Crippen LogP contribution in [0.3, 0.4) is 0 Å². The van der Waals surface area contributed by atoms with Crippen molar-refractivity contribution < 1.29 is 4.39 Å². The van der Waals surface area contributed by atoms with E-state index < -0.39 is 0 Å². The van der Waals surface area contributed by atoms with Gasteiger partial charge in [0.15, 0.2) is 5.96 Å². The first-order chi connectivity index (χ1) is 11.1. The van der Waals surface area contributed by atoms with Crippen LogP contribution in [0.15, 0.2) is 29.3 Å². The molecule has 0 aromatic heterocycles. The number of nitrogens with one attached hydrogen (secondary N) is 2. The van der Waals surface area contributed by atoms with Crippen molar-refractivity contribution in [3.05, 3.63) is 35.6 Å². The van der Waals surface area contributed by atoms with Gasteiger partial charge in [0.05, 0.1) is 6.54 Å². The molecule has 23 heavy (non-hydrogen) atoms. The summed E-state index contributed by atoms with van der Waals surface area (Å²) >= 11 is 0. The Labute approximate surface area is 139 Å². The molecule has 1 aromatic rings. The highest BCUT2D eigenvalue weighted by Gasteiger charge is 2.45. The average molecular weight is 320 g/mol.